The molecule has 140 heavy (non-hydrogen) atoms. The zero-order chi connectivity index (χ0) is 104. The third kappa shape index (κ3) is 46.7. The smallest absolute Gasteiger partial charge is 0.407 e. The highest BCUT2D eigenvalue weighted by molar-refractivity contribution is 5.81. The average Bonchev–Trinajstić information content (AvgIpc) is 1.54. The number of carbonyl (C=O) groups excluding carboxylic acids is 8. The highest BCUT2D eigenvalue weighted by Gasteiger charge is 2.75. The lowest BCUT2D eigenvalue weighted by molar-refractivity contribution is -0.173. The van der Waals surface area contributed by atoms with Gasteiger partial charge in [-0.3, -0.25) is 28.8 Å². The normalized spacial score (nSPS) is 28.1. The first kappa shape index (κ1) is 127. The number of nitrogens with one attached hydrogen (secondary N) is 5. The number of rotatable bonds is 60. The second-order valence-electron chi connectivity index (χ2n) is 43.7. The first-order valence-corrected chi connectivity index (χ1v) is 54.1. The molecule has 5 N–H and O–H groups in total. The number of allylic oxidation sites excluding steroid dienone is 3. The molecule has 3 aliphatic carbocycles. The van der Waals surface area contributed by atoms with E-state index in [1.807, 2.05) is 6.92 Å². The summed E-state index contributed by atoms with van der Waals surface area (Å²) in [6.07, 6.45) is 29.7. The van der Waals surface area contributed by atoms with Crippen molar-refractivity contribution < 1.29 is 114 Å². The minimum Gasteiger partial charge on any atom is -0.460 e. The molecule has 20 atom stereocenters. The number of ether oxygens (including phenoxy) is 16. The van der Waals surface area contributed by atoms with Gasteiger partial charge >= 0.3 is 30.1 Å². The minimum atomic E-state index is -0.336. The van der Waals surface area contributed by atoms with E-state index in [1.165, 1.54) is 16.7 Å². The van der Waals surface area contributed by atoms with Gasteiger partial charge in [-0.1, -0.05) is 177 Å². The van der Waals surface area contributed by atoms with Crippen molar-refractivity contribution in [1.82, 2.24) is 26.6 Å². The van der Waals surface area contributed by atoms with E-state index in [1.54, 1.807) is 35.2 Å². The Morgan fingerprint density at radius 1 is 0.400 bits per heavy atom. The molecule has 812 valence electrons. The summed E-state index contributed by atoms with van der Waals surface area (Å²) in [5.74, 6) is 3.95. The highest BCUT2D eigenvalue weighted by atomic mass is 16.7. The topological polar surface area (TPSA) is 364 Å². The fraction of sp³-hybridized carbons (Fsp3) is 0.874. The number of Topliss-reactive ketones (excluding diaryl/α,β-unsaturated/α-hetero) is 2. The van der Waals surface area contributed by atoms with Crippen LogP contribution in [-0.4, -0.2) is 263 Å². The molecule has 0 aromatic heterocycles. The number of ketones is 2. The molecule has 0 aromatic carbocycles. The van der Waals surface area contributed by atoms with Gasteiger partial charge in [-0.25, -0.2) is 9.59 Å². The van der Waals surface area contributed by atoms with Crippen LogP contribution in [0.4, 0.5) is 9.59 Å². The molecule has 0 aromatic rings. The van der Waals surface area contributed by atoms with Crippen LogP contribution in [0.5, 0.6) is 0 Å². The average molecular weight is 1990 g/mol. The standard InChI is InChI=1S/2C23H38O5.C19H30O5.2C16H32N2O3.C14H29NO3/c2*1-14(2)8-9-18-22(6,28-18)21-20(25-7)17(10-11-23(21)13-26-23)27-19(24)12-16(5)15(3)4;1-6-15(20)23-13-9-10-19(11-22-19)17(16(13)21-5)18(4)14(24-18)8-7-12(2)3;2*1-4-21-16(20)18-11-9-7-5-6-8-10-15(19)13-17-12-14(2)3;1-4-9-17-11-12-18-10-8-15-14(16)7-5-6-13(2)3/h2*8,15-18,20-21H,9-13H2,1-7H3;7,13-14,16-17H,6,8-11H2,1-5H3;2*14,17H,4-13H2,1-3H3,(H,18,20);13H,4-12H2,1-3H3,(H,15,16)/t2*16-,17?,18-,20?,21?,22-,23+;13?,14-,16?,17?,18-,19+;;;/m111.../s1. The predicted octanol–water partition coefficient (Wildman–Crippen LogP) is 19.7. The van der Waals surface area contributed by atoms with Crippen LogP contribution in [0.2, 0.25) is 0 Å². The second kappa shape index (κ2) is 65.9. The van der Waals surface area contributed by atoms with Crippen molar-refractivity contribution in [3.63, 3.8) is 0 Å². The van der Waals surface area contributed by atoms with Gasteiger partial charge in [0.25, 0.3) is 0 Å². The molecule has 9 unspecified atom stereocenters. The highest BCUT2D eigenvalue weighted by Crippen LogP contribution is 2.63. The monoisotopic (exact) mass is 1990 g/mol. The summed E-state index contributed by atoms with van der Waals surface area (Å²) in [6.45, 7) is 62.6. The summed E-state index contributed by atoms with van der Waals surface area (Å²) < 4.78 is 91.7. The van der Waals surface area contributed by atoms with Gasteiger partial charge < -0.3 is 102 Å². The summed E-state index contributed by atoms with van der Waals surface area (Å²) >= 11 is 0. The first-order chi connectivity index (χ1) is 66.4. The number of unbranched alkanes of at least 4 members (excludes halogenated alkanes) is 8. The summed E-state index contributed by atoms with van der Waals surface area (Å²) in [6, 6.07) is 0. The predicted molar refractivity (Wildman–Crippen MR) is 550 cm³/mol. The van der Waals surface area contributed by atoms with Crippen LogP contribution in [0.3, 0.4) is 0 Å². The maximum atomic E-state index is 12.5. The van der Waals surface area contributed by atoms with Gasteiger partial charge in [0, 0.05) is 86.1 Å². The Hall–Kier alpha value is -5.54. The molecule has 29 heteroatoms. The third-order valence-electron chi connectivity index (χ3n) is 28.7. The molecule has 6 aliphatic heterocycles. The number of epoxide rings is 6. The van der Waals surface area contributed by atoms with Crippen molar-refractivity contribution in [3.8, 4) is 0 Å². The number of methoxy groups -OCH3 is 3. The molecule has 6 heterocycles. The molecular formula is C111H199N5O24. The molecule has 9 fully saturated rings. The van der Waals surface area contributed by atoms with Crippen LogP contribution in [0.15, 0.2) is 34.9 Å². The third-order valence-corrected chi connectivity index (χ3v) is 28.7. The Balaban J connectivity index is 0.000000353. The van der Waals surface area contributed by atoms with E-state index in [2.05, 4.69) is 197 Å². The number of esters is 3. The van der Waals surface area contributed by atoms with E-state index in [4.69, 9.17) is 75.8 Å². The van der Waals surface area contributed by atoms with Crippen molar-refractivity contribution in [1.29, 1.82) is 0 Å². The Labute approximate surface area is 846 Å². The minimum absolute atomic E-state index is 0.0784. The number of alkyl carbamates (subject to hydrolysis) is 2. The molecule has 9 aliphatic rings. The van der Waals surface area contributed by atoms with Gasteiger partial charge in [0.2, 0.25) is 5.91 Å². The number of hydrogen-bond donors (Lipinski definition) is 5. The molecule has 0 bridgehead atoms. The molecule has 6 saturated heterocycles. The molecule has 0 radical (unpaired) electrons. The van der Waals surface area contributed by atoms with Gasteiger partial charge in [0.1, 0.15) is 81.8 Å². The first-order valence-electron chi connectivity index (χ1n) is 54.1. The van der Waals surface area contributed by atoms with E-state index >= 15 is 0 Å². The van der Waals surface area contributed by atoms with Crippen LogP contribution < -0.4 is 26.6 Å². The van der Waals surface area contributed by atoms with E-state index in [0.717, 1.165) is 181 Å². The van der Waals surface area contributed by atoms with Crippen LogP contribution in [0.1, 0.15) is 353 Å². The molecule has 3 amide bonds. The zero-order valence-corrected chi connectivity index (χ0v) is 92.6. The van der Waals surface area contributed by atoms with Gasteiger partial charge in [0.15, 0.2) is 0 Å². The Morgan fingerprint density at radius 3 is 1.04 bits per heavy atom. The summed E-state index contributed by atoms with van der Waals surface area (Å²) in [4.78, 5) is 93.4. The van der Waals surface area contributed by atoms with E-state index < -0.39 is 0 Å². The Kier molecular flexibility index (Phi) is 59.7. The van der Waals surface area contributed by atoms with Crippen LogP contribution >= 0.6 is 0 Å². The largest absolute Gasteiger partial charge is 0.460 e. The molecular weight excluding hydrogens is 1790 g/mol. The lowest BCUT2D eigenvalue weighted by atomic mass is 9.68. The summed E-state index contributed by atoms with van der Waals surface area (Å²) in [7, 11) is 5.13. The van der Waals surface area contributed by atoms with Crippen LogP contribution in [-0.2, 0) is 105 Å². The van der Waals surface area contributed by atoms with Crippen molar-refractivity contribution >= 4 is 47.6 Å². The quantitative estimate of drug-likeness (QED) is 0.0124. The Morgan fingerprint density at radius 2 is 0.736 bits per heavy atom. The number of amides is 3. The van der Waals surface area contributed by atoms with Gasteiger partial charge in [0.05, 0.1) is 102 Å². The van der Waals surface area contributed by atoms with E-state index in [-0.39, 0.29) is 142 Å². The summed E-state index contributed by atoms with van der Waals surface area (Å²) in [5, 5.41) is 14.6. The van der Waals surface area contributed by atoms with Crippen LogP contribution in [0.25, 0.3) is 0 Å². The van der Waals surface area contributed by atoms with E-state index in [9.17, 15) is 38.4 Å². The van der Waals surface area contributed by atoms with Gasteiger partial charge in [-0.2, -0.15) is 0 Å². The second-order valence-corrected chi connectivity index (χ2v) is 43.7. The van der Waals surface area contributed by atoms with Crippen molar-refractivity contribution in [2.24, 2.45) is 59.2 Å². The Bertz CT molecular complexity index is 3480. The fourth-order valence-corrected chi connectivity index (χ4v) is 19.3. The van der Waals surface area contributed by atoms with Gasteiger partial charge in [-0.15, -0.1) is 0 Å². The lowest BCUT2D eigenvalue weighted by Crippen LogP contribution is -2.55. The number of hydrogen-bond acceptors (Lipinski definition) is 26. The van der Waals surface area contributed by atoms with Crippen molar-refractivity contribution in [2.45, 2.75) is 441 Å². The molecule has 3 spiro atoms. The maximum absolute atomic E-state index is 12.5. The van der Waals surface area contributed by atoms with Crippen molar-refractivity contribution in [3.05, 3.63) is 34.9 Å². The van der Waals surface area contributed by atoms with Crippen molar-refractivity contribution in [2.75, 3.05) is 127 Å². The molecule has 3 saturated carbocycles. The van der Waals surface area contributed by atoms with Gasteiger partial charge in [-0.05, 0) is 227 Å². The van der Waals surface area contributed by atoms with Crippen LogP contribution in [0, 0.1) is 59.2 Å². The molecule has 29 nitrogen and oxygen atoms in total. The fourth-order valence-electron chi connectivity index (χ4n) is 19.3. The van der Waals surface area contributed by atoms with E-state index in [0.29, 0.717) is 157 Å². The lowest BCUT2D eigenvalue weighted by Gasteiger charge is -2.42. The molecule has 9 rings (SSSR count). The zero-order valence-electron chi connectivity index (χ0n) is 92.6. The SMILES string of the molecule is CCC(=O)OC1CC[C@]2(CO2)C([C@]2(C)O[C@@H]2CC=C(C)C)C1OC.CCCOCCOCCNC(=O)CCCC(C)C.CCOC(=O)NCCCCCCCC(=O)CNCC(C)C.CCOC(=O)NCCCCCCCC(=O)CNCC(C)C.COC1C(OC(=O)C[C@@H](C)C(C)C)CC[C@]2(CO2)C1[C@]1(C)O[C@@H]1CC=C(C)C.COC1C(OC(=O)C[C@@H](C)C(C)C)CC[C@]2(CO2)C1[C@]1(C)O[C@@H]1CC=C(C)C. The summed E-state index contributed by atoms with van der Waals surface area (Å²) in [5.41, 5.74) is 2.52. The maximum Gasteiger partial charge on any atom is 0.407 e. The number of carbonyl (C=O) groups is 8.